The number of benzene rings is 2. The molecule has 0 heterocycles. The standard InChI is InChI=1S/C21H21N5O6S/c1-2-3-9-22-24-21(28)19(14-33-13-15-7-5-4-6-8-15)23-20(27)16-10-17(25(29)30)12-18(11-16)26(31)32/h2-12,19H,13-14H2,1H3,(H,23,27)(H,24,28)/b3-2+,22-9+. The van der Waals surface area contributed by atoms with Gasteiger partial charge in [-0.3, -0.25) is 29.8 Å². The van der Waals surface area contributed by atoms with Crippen molar-refractivity contribution in [1.29, 1.82) is 0 Å². The molecule has 2 aromatic carbocycles. The normalized spacial score (nSPS) is 11.9. The van der Waals surface area contributed by atoms with Gasteiger partial charge in [0.05, 0.1) is 21.5 Å². The van der Waals surface area contributed by atoms with E-state index < -0.39 is 39.1 Å². The third-order valence-electron chi connectivity index (χ3n) is 4.13. The molecule has 0 aliphatic heterocycles. The number of hydrogen-bond donors (Lipinski definition) is 2. The van der Waals surface area contributed by atoms with Gasteiger partial charge in [-0.1, -0.05) is 36.4 Å². The molecule has 0 radical (unpaired) electrons. The fourth-order valence-electron chi connectivity index (χ4n) is 2.54. The molecule has 0 saturated carbocycles. The molecular formula is C21H21N5O6S. The van der Waals surface area contributed by atoms with Gasteiger partial charge in [0, 0.05) is 29.9 Å². The van der Waals surface area contributed by atoms with Gasteiger partial charge in [-0.15, -0.1) is 0 Å². The maximum atomic E-state index is 12.7. The number of carbonyl (C=O) groups excluding carboxylic acids is 2. The average molecular weight is 471 g/mol. The van der Waals surface area contributed by atoms with E-state index >= 15 is 0 Å². The predicted octanol–water partition coefficient (Wildman–Crippen LogP) is 3.21. The maximum absolute atomic E-state index is 12.7. The number of hydrogen-bond acceptors (Lipinski definition) is 8. The number of nitro groups is 2. The molecule has 0 bridgehead atoms. The van der Waals surface area contributed by atoms with Crippen LogP contribution in [0.25, 0.3) is 0 Å². The summed E-state index contributed by atoms with van der Waals surface area (Å²) in [6, 6.07) is 11.0. The summed E-state index contributed by atoms with van der Waals surface area (Å²) in [7, 11) is 0. The van der Waals surface area contributed by atoms with E-state index in [4.69, 9.17) is 0 Å². The number of hydrazone groups is 1. The van der Waals surface area contributed by atoms with Crippen molar-refractivity contribution in [1.82, 2.24) is 10.7 Å². The van der Waals surface area contributed by atoms with Crippen molar-refractivity contribution in [3.8, 4) is 0 Å². The second kappa shape index (κ2) is 12.7. The van der Waals surface area contributed by atoms with Crippen LogP contribution in [0, 0.1) is 20.2 Å². The van der Waals surface area contributed by atoms with Gasteiger partial charge in [0.25, 0.3) is 23.2 Å². The molecule has 1 atom stereocenters. The lowest BCUT2D eigenvalue weighted by Crippen LogP contribution is -2.47. The van der Waals surface area contributed by atoms with Gasteiger partial charge in [-0.2, -0.15) is 16.9 Å². The zero-order valence-electron chi connectivity index (χ0n) is 17.5. The Kier molecular flexibility index (Phi) is 9.71. The molecule has 0 fully saturated rings. The molecule has 0 aliphatic carbocycles. The van der Waals surface area contributed by atoms with E-state index in [1.807, 2.05) is 30.3 Å². The smallest absolute Gasteiger partial charge is 0.277 e. The van der Waals surface area contributed by atoms with Gasteiger partial charge in [-0.25, -0.2) is 5.43 Å². The van der Waals surface area contributed by atoms with Crippen LogP contribution in [0.2, 0.25) is 0 Å². The molecule has 12 heteroatoms. The van der Waals surface area contributed by atoms with E-state index in [2.05, 4.69) is 15.8 Å². The SMILES string of the molecule is C/C=C/C=N/NC(=O)C(CSCc1ccccc1)NC(=O)c1cc([N+](=O)[O-])cc([N+](=O)[O-])c1. The second-order valence-electron chi connectivity index (χ2n) is 6.56. The summed E-state index contributed by atoms with van der Waals surface area (Å²) in [6.45, 7) is 1.77. The minimum Gasteiger partial charge on any atom is -0.339 e. The summed E-state index contributed by atoms with van der Waals surface area (Å²) in [5.74, 6) is -0.725. The quantitative estimate of drug-likeness (QED) is 0.289. The zero-order valence-corrected chi connectivity index (χ0v) is 18.4. The molecule has 0 saturated heterocycles. The third-order valence-corrected chi connectivity index (χ3v) is 5.24. The van der Waals surface area contributed by atoms with Gasteiger partial charge in [0.2, 0.25) is 0 Å². The van der Waals surface area contributed by atoms with E-state index in [9.17, 15) is 29.8 Å². The number of allylic oxidation sites excluding steroid dienone is 2. The van der Waals surface area contributed by atoms with E-state index in [1.165, 1.54) is 18.0 Å². The van der Waals surface area contributed by atoms with Gasteiger partial charge >= 0.3 is 0 Å². The first-order valence-corrected chi connectivity index (χ1v) is 10.8. The lowest BCUT2D eigenvalue weighted by molar-refractivity contribution is -0.394. The van der Waals surface area contributed by atoms with E-state index in [0.717, 1.165) is 23.8 Å². The van der Waals surface area contributed by atoms with E-state index in [1.54, 1.807) is 19.1 Å². The van der Waals surface area contributed by atoms with Crippen molar-refractivity contribution in [3.63, 3.8) is 0 Å². The maximum Gasteiger partial charge on any atom is 0.277 e. The summed E-state index contributed by atoms with van der Waals surface area (Å²) in [5.41, 5.74) is 1.82. The Morgan fingerprint density at radius 1 is 1.09 bits per heavy atom. The molecule has 2 aromatic rings. The second-order valence-corrected chi connectivity index (χ2v) is 7.59. The predicted molar refractivity (Wildman–Crippen MR) is 125 cm³/mol. The molecule has 0 aromatic heterocycles. The van der Waals surface area contributed by atoms with Crippen LogP contribution in [0.5, 0.6) is 0 Å². The molecule has 2 N–H and O–H groups in total. The first kappa shape index (κ1) is 25.2. The summed E-state index contributed by atoms with van der Waals surface area (Å²) >= 11 is 1.38. The number of carbonyl (C=O) groups is 2. The third kappa shape index (κ3) is 8.18. The monoisotopic (exact) mass is 471 g/mol. The van der Waals surface area contributed by atoms with Crippen molar-refractivity contribution in [2.45, 2.75) is 18.7 Å². The number of rotatable bonds is 11. The molecular weight excluding hydrogens is 450 g/mol. The van der Waals surface area contributed by atoms with Crippen molar-refractivity contribution in [3.05, 3.63) is 92.0 Å². The fraction of sp³-hybridized carbons (Fsp3) is 0.190. The molecule has 1 unspecified atom stereocenters. The number of amides is 2. The van der Waals surface area contributed by atoms with Gasteiger partial charge in [0.1, 0.15) is 6.04 Å². The minimum atomic E-state index is -1.05. The minimum absolute atomic E-state index is 0.169. The number of nitrogens with zero attached hydrogens (tertiary/aromatic N) is 3. The summed E-state index contributed by atoms with van der Waals surface area (Å²) in [5, 5.41) is 28.4. The van der Waals surface area contributed by atoms with Crippen molar-refractivity contribution < 1.29 is 19.4 Å². The van der Waals surface area contributed by atoms with Crippen molar-refractivity contribution in [2.75, 3.05) is 5.75 Å². The van der Waals surface area contributed by atoms with Crippen molar-refractivity contribution >= 4 is 41.2 Å². The zero-order chi connectivity index (χ0) is 24.2. The number of thioether (sulfide) groups is 1. The Morgan fingerprint density at radius 2 is 1.73 bits per heavy atom. The molecule has 2 amide bonds. The number of nitrogens with one attached hydrogen (secondary N) is 2. The molecule has 172 valence electrons. The molecule has 33 heavy (non-hydrogen) atoms. The highest BCUT2D eigenvalue weighted by atomic mass is 32.2. The Bertz CT molecular complexity index is 1040. The highest BCUT2D eigenvalue weighted by Crippen LogP contribution is 2.23. The van der Waals surface area contributed by atoms with Crippen LogP contribution in [0.4, 0.5) is 11.4 Å². The van der Waals surface area contributed by atoms with Crippen LogP contribution < -0.4 is 10.7 Å². The van der Waals surface area contributed by atoms with Crippen LogP contribution in [-0.2, 0) is 10.5 Å². The summed E-state index contributed by atoms with van der Waals surface area (Å²) in [6.07, 6.45) is 4.66. The molecule has 0 aliphatic rings. The molecule has 0 spiro atoms. The highest BCUT2D eigenvalue weighted by molar-refractivity contribution is 7.98. The van der Waals surface area contributed by atoms with Gasteiger partial charge in [-0.05, 0) is 18.6 Å². The number of nitro benzene ring substituents is 2. The fourth-order valence-corrected chi connectivity index (χ4v) is 3.55. The van der Waals surface area contributed by atoms with Crippen molar-refractivity contribution in [2.24, 2.45) is 5.10 Å². The molecule has 11 nitrogen and oxygen atoms in total. The first-order valence-electron chi connectivity index (χ1n) is 9.62. The molecule has 2 rings (SSSR count). The van der Waals surface area contributed by atoms with E-state index in [0.29, 0.717) is 5.75 Å². The van der Waals surface area contributed by atoms with Crippen LogP contribution in [0.15, 0.2) is 65.8 Å². The largest absolute Gasteiger partial charge is 0.339 e. The Labute approximate surface area is 193 Å². The Balaban J connectivity index is 2.19. The lowest BCUT2D eigenvalue weighted by atomic mass is 10.1. The van der Waals surface area contributed by atoms with Crippen LogP contribution in [0.1, 0.15) is 22.8 Å². The summed E-state index contributed by atoms with van der Waals surface area (Å²) < 4.78 is 0. The first-order chi connectivity index (χ1) is 15.8. The summed E-state index contributed by atoms with van der Waals surface area (Å²) in [4.78, 5) is 45.8. The lowest BCUT2D eigenvalue weighted by Gasteiger charge is -2.17. The average Bonchev–Trinajstić information content (AvgIpc) is 2.81. The van der Waals surface area contributed by atoms with Gasteiger partial charge in [0.15, 0.2) is 0 Å². The van der Waals surface area contributed by atoms with E-state index in [-0.39, 0.29) is 11.3 Å². The van der Waals surface area contributed by atoms with Crippen LogP contribution in [-0.4, -0.2) is 39.7 Å². The Morgan fingerprint density at radius 3 is 2.30 bits per heavy atom. The number of non-ortho nitro benzene ring substituents is 2. The van der Waals surface area contributed by atoms with Gasteiger partial charge < -0.3 is 5.32 Å². The topological polar surface area (TPSA) is 157 Å². The highest BCUT2D eigenvalue weighted by Gasteiger charge is 2.25. The van der Waals surface area contributed by atoms with Crippen LogP contribution >= 0.6 is 11.8 Å². The Hall–Kier alpha value is -4.06. The van der Waals surface area contributed by atoms with Crippen LogP contribution in [0.3, 0.4) is 0 Å².